The van der Waals surface area contributed by atoms with Crippen LogP contribution in [0.1, 0.15) is 57.2 Å². The molecule has 4 amide bonds. The van der Waals surface area contributed by atoms with Gasteiger partial charge in [0.05, 0.1) is 12.5 Å². The Hall–Kier alpha value is -2.37. The average molecular weight is 345 g/mol. The Morgan fingerprint density at radius 2 is 1.88 bits per heavy atom. The molecule has 1 heterocycles. The Balaban J connectivity index is 1.99. The lowest BCUT2D eigenvalue weighted by atomic mass is 9.94. The predicted molar refractivity (Wildman–Crippen MR) is 95.9 cm³/mol. The van der Waals surface area contributed by atoms with Crippen LogP contribution in [0.4, 0.5) is 4.79 Å². The van der Waals surface area contributed by atoms with Crippen molar-refractivity contribution < 1.29 is 14.4 Å². The summed E-state index contributed by atoms with van der Waals surface area (Å²) in [5, 5.41) is 7.56. The van der Waals surface area contributed by atoms with Gasteiger partial charge in [-0.15, -0.1) is 0 Å². The third-order valence-corrected chi connectivity index (χ3v) is 4.39. The first-order chi connectivity index (χ1) is 11.9. The molecule has 0 saturated carbocycles. The van der Waals surface area contributed by atoms with Crippen LogP contribution < -0.4 is 16.0 Å². The molecule has 136 valence electrons. The second-order valence-corrected chi connectivity index (χ2v) is 6.85. The van der Waals surface area contributed by atoms with Crippen molar-refractivity contribution in [3.05, 3.63) is 35.4 Å². The molecule has 0 aliphatic carbocycles. The summed E-state index contributed by atoms with van der Waals surface area (Å²) < 4.78 is 0. The summed E-state index contributed by atoms with van der Waals surface area (Å²) in [7, 11) is 0. The highest BCUT2D eigenvalue weighted by atomic mass is 16.2. The molecule has 0 bridgehead atoms. The zero-order valence-corrected chi connectivity index (χ0v) is 15.1. The molecule has 6 nitrogen and oxygen atoms in total. The highest BCUT2D eigenvalue weighted by Crippen LogP contribution is 2.23. The van der Waals surface area contributed by atoms with Gasteiger partial charge in [0, 0.05) is 0 Å². The number of carbonyl (C=O) groups excluding carboxylic acids is 3. The third kappa shape index (κ3) is 5.31. The summed E-state index contributed by atoms with van der Waals surface area (Å²) >= 11 is 0. The molecule has 1 aromatic carbocycles. The van der Waals surface area contributed by atoms with Gasteiger partial charge in [-0.05, 0) is 29.9 Å². The lowest BCUT2D eigenvalue weighted by Gasteiger charge is -2.23. The number of imide groups is 1. The van der Waals surface area contributed by atoms with Gasteiger partial charge in [-0.3, -0.25) is 14.9 Å². The summed E-state index contributed by atoms with van der Waals surface area (Å²) in [6.07, 6.45) is 3.33. The molecular weight excluding hydrogens is 318 g/mol. The van der Waals surface area contributed by atoms with Crippen LogP contribution in [0.2, 0.25) is 0 Å². The van der Waals surface area contributed by atoms with E-state index in [-0.39, 0.29) is 24.3 Å². The van der Waals surface area contributed by atoms with E-state index in [4.69, 9.17) is 0 Å². The minimum atomic E-state index is -0.795. The van der Waals surface area contributed by atoms with Crippen LogP contribution in [0.3, 0.4) is 0 Å². The Morgan fingerprint density at radius 1 is 1.20 bits per heavy atom. The number of nitrogens with one attached hydrogen (secondary N) is 3. The van der Waals surface area contributed by atoms with Gasteiger partial charge in [-0.1, -0.05) is 51.5 Å². The third-order valence-electron chi connectivity index (χ3n) is 4.39. The van der Waals surface area contributed by atoms with Crippen LogP contribution in [0, 0.1) is 5.92 Å². The molecule has 0 unspecified atom stereocenters. The zero-order valence-electron chi connectivity index (χ0n) is 15.1. The summed E-state index contributed by atoms with van der Waals surface area (Å²) in [4.78, 5) is 35.0. The van der Waals surface area contributed by atoms with E-state index in [0.29, 0.717) is 0 Å². The van der Waals surface area contributed by atoms with E-state index in [2.05, 4.69) is 47.1 Å². The molecule has 1 aliphatic rings. The highest BCUT2D eigenvalue weighted by Gasteiger charge is 2.32. The zero-order chi connectivity index (χ0) is 18.4. The van der Waals surface area contributed by atoms with E-state index < -0.39 is 18.0 Å². The lowest BCUT2D eigenvalue weighted by molar-refractivity contribution is -0.127. The number of benzene rings is 1. The summed E-state index contributed by atoms with van der Waals surface area (Å²) in [5.41, 5.74) is 2.34. The largest absolute Gasteiger partial charge is 0.349 e. The molecular formula is C19H27N3O3. The van der Waals surface area contributed by atoms with Crippen LogP contribution in [0.25, 0.3) is 0 Å². The van der Waals surface area contributed by atoms with E-state index in [9.17, 15) is 14.4 Å². The molecule has 1 fully saturated rings. The smallest absolute Gasteiger partial charge is 0.322 e. The van der Waals surface area contributed by atoms with Gasteiger partial charge >= 0.3 is 6.03 Å². The Morgan fingerprint density at radius 3 is 2.40 bits per heavy atom. The monoisotopic (exact) mass is 345 g/mol. The number of urea groups is 1. The fourth-order valence-electron chi connectivity index (χ4n) is 2.93. The maximum absolute atomic E-state index is 12.3. The number of aryl methyl sites for hydroxylation is 1. The second-order valence-electron chi connectivity index (χ2n) is 6.85. The highest BCUT2D eigenvalue weighted by molar-refractivity contribution is 6.05. The molecule has 1 saturated heterocycles. The van der Waals surface area contributed by atoms with Gasteiger partial charge in [0.15, 0.2) is 0 Å². The molecule has 25 heavy (non-hydrogen) atoms. The molecule has 1 aliphatic heterocycles. The van der Waals surface area contributed by atoms with E-state index in [1.165, 1.54) is 12.0 Å². The first-order valence-corrected chi connectivity index (χ1v) is 8.90. The number of hydrogen-bond acceptors (Lipinski definition) is 3. The van der Waals surface area contributed by atoms with Gasteiger partial charge in [0.2, 0.25) is 5.91 Å². The van der Waals surface area contributed by atoms with E-state index in [1.807, 2.05) is 13.8 Å². The summed E-state index contributed by atoms with van der Waals surface area (Å²) in [6.45, 7) is 6.26. The Kier molecular flexibility index (Phi) is 6.56. The number of amides is 4. The molecule has 0 spiro atoms. The van der Waals surface area contributed by atoms with E-state index in [1.54, 1.807) is 0 Å². The van der Waals surface area contributed by atoms with Crippen molar-refractivity contribution in [3.63, 3.8) is 0 Å². The second kappa shape index (κ2) is 8.65. The van der Waals surface area contributed by atoms with Crippen molar-refractivity contribution in [2.24, 2.45) is 5.92 Å². The topological polar surface area (TPSA) is 87.3 Å². The van der Waals surface area contributed by atoms with Gasteiger partial charge in [0.25, 0.3) is 5.91 Å². The SMILES string of the molecule is CCCCc1ccc([C@H](NC(=O)C[C@H]2NC(=O)NC2=O)C(C)C)cc1. The van der Waals surface area contributed by atoms with E-state index >= 15 is 0 Å². The van der Waals surface area contributed by atoms with Gasteiger partial charge in [-0.2, -0.15) is 0 Å². The normalized spacial score (nSPS) is 18.0. The number of carbonyl (C=O) groups is 3. The van der Waals surface area contributed by atoms with Gasteiger partial charge in [0.1, 0.15) is 6.04 Å². The Labute approximate surface area is 148 Å². The first kappa shape index (κ1) is 19.0. The van der Waals surface area contributed by atoms with E-state index in [0.717, 1.165) is 18.4 Å². The molecule has 2 atom stereocenters. The minimum absolute atomic E-state index is 0.0601. The molecule has 1 aromatic rings. The fourth-order valence-corrected chi connectivity index (χ4v) is 2.93. The van der Waals surface area contributed by atoms with Crippen molar-refractivity contribution in [2.45, 2.75) is 58.5 Å². The van der Waals surface area contributed by atoms with Crippen molar-refractivity contribution in [1.29, 1.82) is 0 Å². The van der Waals surface area contributed by atoms with Gasteiger partial charge in [-0.25, -0.2) is 4.79 Å². The number of rotatable bonds is 8. The van der Waals surface area contributed by atoms with Crippen molar-refractivity contribution in [1.82, 2.24) is 16.0 Å². The predicted octanol–water partition coefficient (Wildman–Crippen LogP) is 2.44. The summed E-state index contributed by atoms with van der Waals surface area (Å²) in [5.74, 6) is -0.505. The van der Waals surface area contributed by atoms with Crippen LogP contribution >= 0.6 is 0 Å². The molecule has 3 N–H and O–H groups in total. The average Bonchev–Trinajstić information content (AvgIpc) is 2.88. The van der Waals surface area contributed by atoms with Crippen molar-refractivity contribution >= 4 is 17.8 Å². The number of hydrogen-bond donors (Lipinski definition) is 3. The maximum atomic E-state index is 12.3. The van der Waals surface area contributed by atoms with Crippen LogP contribution in [-0.2, 0) is 16.0 Å². The molecule has 0 aromatic heterocycles. The van der Waals surface area contributed by atoms with Crippen LogP contribution in [-0.4, -0.2) is 23.9 Å². The van der Waals surface area contributed by atoms with Crippen molar-refractivity contribution in [2.75, 3.05) is 0 Å². The Bertz CT molecular complexity index is 625. The quantitative estimate of drug-likeness (QED) is 0.632. The van der Waals surface area contributed by atoms with Crippen molar-refractivity contribution in [3.8, 4) is 0 Å². The minimum Gasteiger partial charge on any atom is -0.349 e. The molecule has 0 radical (unpaired) electrons. The van der Waals surface area contributed by atoms with Crippen LogP contribution in [0.5, 0.6) is 0 Å². The molecule has 2 rings (SSSR count). The van der Waals surface area contributed by atoms with Gasteiger partial charge < -0.3 is 10.6 Å². The first-order valence-electron chi connectivity index (χ1n) is 8.90. The lowest BCUT2D eigenvalue weighted by Crippen LogP contribution is -2.38. The fraction of sp³-hybridized carbons (Fsp3) is 0.526. The maximum Gasteiger partial charge on any atom is 0.322 e. The molecule has 6 heteroatoms. The standard InChI is InChI=1S/C19H27N3O3/c1-4-5-6-13-7-9-14(10-8-13)17(12(2)3)21-16(23)11-15-18(24)22-19(25)20-15/h7-10,12,15,17H,4-6,11H2,1-3H3,(H,21,23)(H2,20,22,24,25)/t15-,17-/m1/s1. The van der Waals surface area contributed by atoms with Crippen LogP contribution in [0.15, 0.2) is 24.3 Å². The number of unbranched alkanes of at least 4 members (excludes halogenated alkanes) is 1. The summed E-state index contributed by atoms with van der Waals surface area (Å²) in [6, 6.07) is 6.85.